The van der Waals surface area contributed by atoms with Gasteiger partial charge in [-0.1, -0.05) is 223 Å². The fraction of sp³-hybridized carbons (Fsp3) is 0.794. The molecule has 2 aromatic carbocycles. The smallest absolute Gasteiger partial charge is 0.309 e. The number of esters is 1. The Morgan fingerprint density at radius 2 is 1.08 bits per heavy atom. The molecule has 5 nitrogen and oxygen atoms in total. The van der Waals surface area contributed by atoms with E-state index in [4.69, 9.17) is 9.47 Å². The molecule has 0 aromatic heterocycles. The molecule has 0 radical (unpaired) electrons. The molecule has 0 amide bonds. The van der Waals surface area contributed by atoms with E-state index in [-0.39, 0.29) is 23.0 Å². The third-order valence-electron chi connectivity index (χ3n) is 16.3. The van der Waals surface area contributed by atoms with Crippen molar-refractivity contribution >= 4 is 48.2 Å². The normalized spacial score (nSPS) is 16.9. The van der Waals surface area contributed by atoms with E-state index in [1.54, 1.807) is 0 Å². The van der Waals surface area contributed by atoms with E-state index in [9.17, 15) is 9.59 Å². The van der Waals surface area contributed by atoms with Crippen LogP contribution in [0.3, 0.4) is 0 Å². The Hall–Kier alpha value is -1.29. The van der Waals surface area contributed by atoms with Gasteiger partial charge >= 0.3 is 5.97 Å². The Bertz CT molecular complexity index is 1510. The molecule has 2 aliphatic rings. The van der Waals surface area contributed by atoms with Gasteiger partial charge in [-0.25, -0.2) is 0 Å². The van der Waals surface area contributed by atoms with Crippen LogP contribution in [0.4, 0.5) is 0 Å². The molecule has 2 fully saturated rings. The number of unbranched alkanes of at least 4 members (excludes halogenated alkanes) is 12. The van der Waals surface area contributed by atoms with Crippen LogP contribution in [0, 0.1) is 11.8 Å². The standard InChI is InChI=1S/C63H109NO4S2Si/c1-5-7-9-26-42-58(67-52-55-36-20-11-12-21-37-55)53-69-50-34-17-24-40-57(41-25-18-35-51-70-54-59(43-27-10-8-6-2)68-62(65)56-38-22-13-14-23-39-56)64-49-33-19-32-48-63(3,4)71(66,60-44-28-15-29-45-60)61-46-30-16-31-47-61/h15-16,28-31,44-47,55-59,64,66H,5-14,17-27,32-43,48-54H2,1-4H3. The minimum Gasteiger partial charge on any atom is -0.461 e. The summed E-state index contributed by atoms with van der Waals surface area (Å²) in [7, 11) is -2.97. The van der Waals surface area contributed by atoms with E-state index in [0.717, 1.165) is 73.1 Å². The van der Waals surface area contributed by atoms with Crippen molar-refractivity contribution in [2.24, 2.45) is 11.8 Å². The average Bonchev–Trinajstić information content (AvgIpc) is 3.84. The lowest BCUT2D eigenvalue weighted by Crippen LogP contribution is -2.65. The summed E-state index contributed by atoms with van der Waals surface area (Å²) in [4.78, 5) is 25.9. The zero-order valence-corrected chi connectivity index (χ0v) is 49.1. The molecule has 4 rings (SSSR count). The number of nitrogens with one attached hydrogen (secondary N) is 1. The van der Waals surface area contributed by atoms with Gasteiger partial charge < -0.3 is 19.6 Å². The van der Waals surface area contributed by atoms with Gasteiger partial charge in [-0.2, -0.15) is 23.5 Å². The molecule has 2 saturated carbocycles. The van der Waals surface area contributed by atoms with Gasteiger partial charge in [0.25, 0.3) is 8.32 Å². The molecular formula is C63H109NO4S2Si. The summed E-state index contributed by atoms with van der Waals surface area (Å²) in [6.07, 6.45) is 43.2. The lowest BCUT2D eigenvalue weighted by atomic mass is 10.0. The quantitative estimate of drug-likeness (QED) is 0.0298. The maximum absolute atomic E-state index is 13.2. The molecule has 71 heavy (non-hydrogen) atoms. The second-order valence-electron chi connectivity index (χ2n) is 22.9. The van der Waals surface area contributed by atoms with Crippen LogP contribution < -0.4 is 15.7 Å². The lowest BCUT2D eigenvalue weighted by Gasteiger charge is -2.41. The van der Waals surface area contributed by atoms with E-state index >= 15 is 0 Å². The van der Waals surface area contributed by atoms with E-state index in [1.807, 2.05) is 11.8 Å². The number of carbonyl (C=O) groups is 1. The van der Waals surface area contributed by atoms with Crippen molar-refractivity contribution in [1.29, 1.82) is 0 Å². The Kier molecular flexibility index (Phi) is 34.3. The number of rotatable bonds is 41. The molecule has 0 heterocycles. The monoisotopic (exact) mass is 1040 g/mol. The van der Waals surface area contributed by atoms with Gasteiger partial charge in [-0.05, 0) is 123 Å². The maximum atomic E-state index is 13.2. The highest BCUT2D eigenvalue weighted by Gasteiger charge is 2.49. The summed E-state index contributed by atoms with van der Waals surface area (Å²) in [6, 6.07) is 21.6. The van der Waals surface area contributed by atoms with E-state index in [2.05, 4.69) is 105 Å². The molecule has 0 bridgehead atoms. The molecule has 3 unspecified atom stereocenters. The van der Waals surface area contributed by atoms with E-state index in [0.29, 0.717) is 12.1 Å². The first kappa shape index (κ1) is 62.2. The number of thioether (sulfide) groups is 2. The number of ether oxygens (including phenoxy) is 2. The minimum absolute atomic E-state index is 0.0767. The van der Waals surface area contributed by atoms with Gasteiger partial charge in [0.15, 0.2) is 0 Å². The second kappa shape index (κ2) is 39.1. The molecule has 8 heteroatoms. The average molecular weight is 1040 g/mol. The van der Waals surface area contributed by atoms with Crippen molar-refractivity contribution in [3.63, 3.8) is 0 Å². The first-order chi connectivity index (χ1) is 34.8. The van der Waals surface area contributed by atoms with Crippen LogP contribution in [0.2, 0.25) is 5.04 Å². The third-order valence-corrected chi connectivity index (χ3v) is 23.3. The van der Waals surface area contributed by atoms with Crippen LogP contribution in [0.25, 0.3) is 0 Å². The van der Waals surface area contributed by atoms with Crippen LogP contribution in [-0.2, 0) is 14.3 Å². The van der Waals surface area contributed by atoms with E-state index < -0.39 is 8.32 Å². The highest BCUT2D eigenvalue weighted by atomic mass is 32.2. The van der Waals surface area contributed by atoms with Gasteiger partial charge in [0.1, 0.15) is 6.10 Å². The van der Waals surface area contributed by atoms with Crippen molar-refractivity contribution in [1.82, 2.24) is 5.32 Å². The molecule has 2 aromatic rings. The van der Waals surface area contributed by atoms with Crippen LogP contribution >= 0.6 is 23.5 Å². The maximum Gasteiger partial charge on any atom is 0.309 e. The Balaban J connectivity index is 1.21. The first-order valence-electron chi connectivity index (χ1n) is 30.3. The predicted molar refractivity (Wildman–Crippen MR) is 316 cm³/mol. The van der Waals surface area contributed by atoms with Gasteiger partial charge in [-0.3, -0.25) is 4.79 Å². The molecular weight excluding hydrogens is 927 g/mol. The van der Waals surface area contributed by atoms with Gasteiger partial charge in [-0.15, -0.1) is 0 Å². The van der Waals surface area contributed by atoms with Crippen molar-refractivity contribution in [3.8, 4) is 0 Å². The fourth-order valence-electron chi connectivity index (χ4n) is 11.6. The highest BCUT2D eigenvalue weighted by molar-refractivity contribution is 7.99. The van der Waals surface area contributed by atoms with Crippen molar-refractivity contribution in [2.75, 3.05) is 36.2 Å². The fourth-order valence-corrected chi connectivity index (χ4v) is 17.5. The zero-order chi connectivity index (χ0) is 50.5. The number of hydrogen-bond donors (Lipinski definition) is 2. The van der Waals surface area contributed by atoms with Gasteiger partial charge in [0, 0.05) is 24.2 Å². The Labute approximate surface area is 448 Å². The minimum atomic E-state index is -2.97. The number of hydrogen-bond acceptors (Lipinski definition) is 7. The molecule has 3 atom stereocenters. The molecule has 2 aliphatic carbocycles. The van der Waals surface area contributed by atoms with Gasteiger partial charge in [0.05, 0.1) is 12.0 Å². The summed E-state index contributed by atoms with van der Waals surface area (Å²) >= 11 is 4.18. The third kappa shape index (κ3) is 25.9. The summed E-state index contributed by atoms with van der Waals surface area (Å²) in [5.74, 6) is 5.57. The Morgan fingerprint density at radius 1 is 0.606 bits per heavy atom. The van der Waals surface area contributed by atoms with Crippen LogP contribution in [0.1, 0.15) is 246 Å². The number of carbonyl (C=O) groups excluding carboxylic acids is 1. The zero-order valence-electron chi connectivity index (χ0n) is 46.4. The first-order valence-corrected chi connectivity index (χ1v) is 34.6. The summed E-state index contributed by atoms with van der Waals surface area (Å²) in [5, 5.41) is 6.11. The predicted octanol–water partition coefficient (Wildman–Crippen LogP) is 16.8. The van der Waals surface area contributed by atoms with Crippen molar-refractivity contribution < 1.29 is 19.1 Å². The summed E-state index contributed by atoms with van der Waals surface area (Å²) in [6.45, 7) is 11.3. The SMILES string of the molecule is CCCCCCC(CSCCCCCC(CCCCCSCC(CCCCCC)OC(=O)C1CCCCCC1)NCCCCCC(C)(C)[Si](O)(c1ccccc1)c1ccccc1)OCC1CCCCCC1. The highest BCUT2D eigenvalue weighted by Crippen LogP contribution is 2.40. The molecule has 0 saturated heterocycles. The number of benzene rings is 2. The lowest BCUT2D eigenvalue weighted by molar-refractivity contribution is -0.153. The van der Waals surface area contributed by atoms with Crippen molar-refractivity contribution in [3.05, 3.63) is 60.7 Å². The molecule has 0 spiro atoms. The molecule has 2 N–H and O–H groups in total. The van der Waals surface area contributed by atoms with Crippen LogP contribution in [-0.4, -0.2) is 73.5 Å². The largest absolute Gasteiger partial charge is 0.461 e. The second-order valence-corrected chi connectivity index (χ2v) is 29.1. The van der Waals surface area contributed by atoms with Crippen LogP contribution in [0.5, 0.6) is 0 Å². The summed E-state index contributed by atoms with van der Waals surface area (Å²) in [5.41, 5.74) is 0. The molecule has 0 aliphatic heterocycles. The Morgan fingerprint density at radius 3 is 1.63 bits per heavy atom. The molecule has 406 valence electrons. The summed E-state index contributed by atoms with van der Waals surface area (Å²) < 4.78 is 13.0. The van der Waals surface area contributed by atoms with Crippen molar-refractivity contribution in [2.45, 2.75) is 269 Å². The topological polar surface area (TPSA) is 67.8 Å². The van der Waals surface area contributed by atoms with Gasteiger partial charge in [0.2, 0.25) is 0 Å². The van der Waals surface area contributed by atoms with E-state index in [1.165, 1.54) is 198 Å². The van der Waals surface area contributed by atoms with Crippen LogP contribution in [0.15, 0.2) is 60.7 Å².